The van der Waals surface area contributed by atoms with Crippen molar-refractivity contribution < 1.29 is 18.3 Å². The van der Waals surface area contributed by atoms with E-state index in [-0.39, 0.29) is 11.1 Å². The van der Waals surface area contributed by atoms with Gasteiger partial charge in [-0.15, -0.1) is 0 Å². The number of esters is 1. The minimum atomic E-state index is -1.15. The van der Waals surface area contributed by atoms with E-state index < -0.39 is 23.4 Å². The van der Waals surface area contributed by atoms with E-state index in [1.807, 2.05) is 6.92 Å². The Bertz CT molecular complexity index is 619. The van der Waals surface area contributed by atoms with Crippen LogP contribution >= 0.6 is 0 Å². The molecule has 0 saturated carbocycles. The third-order valence-corrected chi connectivity index (χ3v) is 2.73. The van der Waals surface area contributed by atoms with Crippen molar-refractivity contribution in [3.8, 4) is 5.75 Å². The first-order valence-corrected chi connectivity index (χ1v) is 5.72. The van der Waals surface area contributed by atoms with Crippen molar-refractivity contribution in [1.82, 2.24) is 0 Å². The maximum atomic E-state index is 13.6. The monoisotopic (exact) mass is 262 g/mol. The molecule has 0 N–H and O–H groups in total. The van der Waals surface area contributed by atoms with Crippen molar-refractivity contribution >= 4 is 5.97 Å². The molecule has 2 nitrogen and oxygen atoms in total. The lowest BCUT2D eigenvalue weighted by atomic mass is 10.1. The highest BCUT2D eigenvalue weighted by atomic mass is 19.2. The molecule has 0 unspecified atom stereocenters. The standard InChI is InChI=1S/C15H12F2O2/c1-9-3-6-11(7-4-9)15(18)19-12-8-5-10(2)13(16)14(12)17/h3-8H,1-2H3. The van der Waals surface area contributed by atoms with Gasteiger partial charge in [0.05, 0.1) is 5.56 Å². The first-order chi connectivity index (χ1) is 8.99. The summed E-state index contributed by atoms with van der Waals surface area (Å²) in [5.74, 6) is -3.29. The molecule has 98 valence electrons. The summed E-state index contributed by atoms with van der Waals surface area (Å²) in [7, 11) is 0. The number of hydrogen-bond donors (Lipinski definition) is 0. The molecule has 0 heterocycles. The zero-order valence-electron chi connectivity index (χ0n) is 10.5. The second kappa shape index (κ2) is 5.18. The Balaban J connectivity index is 2.24. The number of carbonyl (C=O) groups excluding carboxylic acids is 1. The molecule has 0 radical (unpaired) electrons. The maximum Gasteiger partial charge on any atom is 0.343 e. The second-order valence-electron chi connectivity index (χ2n) is 4.26. The van der Waals surface area contributed by atoms with Crippen molar-refractivity contribution in [3.63, 3.8) is 0 Å². The van der Waals surface area contributed by atoms with E-state index in [4.69, 9.17) is 4.74 Å². The van der Waals surface area contributed by atoms with Crippen LogP contribution in [0.4, 0.5) is 8.78 Å². The minimum absolute atomic E-state index is 0.160. The SMILES string of the molecule is Cc1ccc(C(=O)Oc2ccc(C)c(F)c2F)cc1. The van der Waals surface area contributed by atoms with Gasteiger partial charge in [-0.2, -0.15) is 4.39 Å². The van der Waals surface area contributed by atoms with E-state index in [0.29, 0.717) is 0 Å². The summed E-state index contributed by atoms with van der Waals surface area (Å²) < 4.78 is 31.7. The van der Waals surface area contributed by atoms with Gasteiger partial charge >= 0.3 is 5.97 Å². The predicted octanol–water partition coefficient (Wildman–Crippen LogP) is 3.80. The van der Waals surface area contributed by atoms with E-state index in [0.717, 1.165) is 5.56 Å². The third-order valence-electron chi connectivity index (χ3n) is 2.73. The molecular weight excluding hydrogens is 250 g/mol. The summed E-state index contributed by atoms with van der Waals surface area (Å²) in [6.07, 6.45) is 0. The number of aryl methyl sites for hydroxylation is 2. The minimum Gasteiger partial charge on any atom is -0.420 e. The van der Waals surface area contributed by atoms with Gasteiger partial charge in [-0.05, 0) is 37.6 Å². The van der Waals surface area contributed by atoms with Crippen molar-refractivity contribution in [2.24, 2.45) is 0 Å². The molecule has 2 aromatic rings. The lowest BCUT2D eigenvalue weighted by Crippen LogP contribution is -2.10. The van der Waals surface area contributed by atoms with Gasteiger partial charge in [0.25, 0.3) is 0 Å². The van der Waals surface area contributed by atoms with Crippen molar-refractivity contribution in [2.45, 2.75) is 13.8 Å². The molecule has 0 saturated heterocycles. The van der Waals surface area contributed by atoms with E-state index in [9.17, 15) is 13.6 Å². The fraction of sp³-hybridized carbons (Fsp3) is 0.133. The smallest absolute Gasteiger partial charge is 0.343 e. The summed E-state index contributed by atoms with van der Waals surface area (Å²) in [5.41, 5.74) is 1.43. The lowest BCUT2D eigenvalue weighted by Gasteiger charge is -2.07. The zero-order valence-corrected chi connectivity index (χ0v) is 10.5. The quantitative estimate of drug-likeness (QED) is 0.607. The first-order valence-electron chi connectivity index (χ1n) is 5.72. The number of ether oxygens (including phenoxy) is 1. The van der Waals surface area contributed by atoms with Crippen molar-refractivity contribution in [1.29, 1.82) is 0 Å². The van der Waals surface area contributed by atoms with Gasteiger partial charge in [0.1, 0.15) is 0 Å². The Hall–Kier alpha value is -2.23. The van der Waals surface area contributed by atoms with Gasteiger partial charge in [-0.25, -0.2) is 9.18 Å². The molecule has 0 spiro atoms. The normalized spacial score (nSPS) is 10.3. The van der Waals surface area contributed by atoms with Crippen molar-refractivity contribution in [3.05, 3.63) is 64.7 Å². The molecule has 0 aliphatic heterocycles. The fourth-order valence-electron chi connectivity index (χ4n) is 1.56. The summed E-state index contributed by atoms with van der Waals surface area (Å²) in [6.45, 7) is 3.31. The zero-order chi connectivity index (χ0) is 14.0. The molecule has 0 bridgehead atoms. The molecular formula is C15H12F2O2. The van der Waals surface area contributed by atoms with Crippen LogP contribution in [0.5, 0.6) is 5.75 Å². The largest absolute Gasteiger partial charge is 0.420 e. The van der Waals surface area contributed by atoms with Crippen LogP contribution in [0.3, 0.4) is 0 Å². The van der Waals surface area contributed by atoms with E-state index >= 15 is 0 Å². The van der Waals surface area contributed by atoms with Gasteiger partial charge in [-0.1, -0.05) is 23.8 Å². The van der Waals surface area contributed by atoms with E-state index in [1.54, 1.807) is 24.3 Å². The molecule has 4 heteroatoms. The molecule has 0 aromatic heterocycles. The van der Waals surface area contributed by atoms with Crippen LogP contribution in [0, 0.1) is 25.5 Å². The topological polar surface area (TPSA) is 26.3 Å². The van der Waals surface area contributed by atoms with Gasteiger partial charge < -0.3 is 4.74 Å². The van der Waals surface area contributed by atoms with E-state index in [2.05, 4.69) is 0 Å². The number of hydrogen-bond acceptors (Lipinski definition) is 2. The maximum absolute atomic E-state index is 13.6. The van der Waals surface area contributed by atoms with Crippen LogP contribution < -0.4 is 4.74 Å². The highest BCUT2D eigenvalue weighted by molar-refractivity contribution is 5.91. The van der Waals surface area contributed by atoms with Crippen LogP contribution in [0.15, 0.2) is 36.4 Å². The molecule has 0 amide bonds. The van der Waals surface area contributed by atoms with Crippen LogP contribution in [0.25, 0.3) is 0 Å². The Morgan fingerprint density at radius 1 is 0.947 bits per heavy atom. The summed E-state index contributed by atoms with van der Waals surface area (Å²) in [4.78, 5) is 11.8. The summed E-state index contributed by atoms with van der Waals surface area (Å²) in [5, 5.41) is 0. The lowest BCUT2D eigenvalue weighted by molar-refractivity contribution is 0.0726. The fourth-order valence-corrected chi connectivity index (χ4v) is 1.56. The average Bonchev–Trinajstić information content (AvgIpc) is 2.40. The average molecular weight is 262 g/mol. The van der Waals surface area contributed by atoms with Gasteiger partial charge in [-0.3, -0.25) is 0 Å². The molecule has 19 heavy (non-hydrogen) atoms. The number of rotatable bonds is 2. The predicted molar refractivity (Wildman–Crippen MR) is 67.2 cm³/mol. The number of halogens is 2. The molecule has 0 aliphatic carbocycles. The Kier molecular flexibility index (Phi) is 3.60. The summed E-state index contributed by atoms with van der Waals surface area (Å²) in [6, 6.07) is 9.21. The Morgan fingerprint density at radius 3 is 2.21 bits per heavy atom. The van der Waals surface area contributed by atoms with Crippen LogP contribution in [-0.4, -0.2) is 5.97 Å². The number of carbonyl (C=O) groups is 1. The highest BCUT2D eigenvalue weighted by Crippen LogP contribution is 2.23. The summed E-state index contributed by atoms with van der Waals surface area (Å²) >= 11 is 0. The number of benzene rings is 2. The van der Waals surface area contributed by atoms with Crippen LogP contribution in [0.1, 0.15) is 21.5 Å². The molecule has 0 atom stereocenters. The Labute approximate surface area is 109 Å². The molecule has 2 aromatic carbocycles. The Morgan fingerprint density at radius 2 is 1.58 bits per heavy atom. The highest BCUT2D eigenvalue weighted by Gasteiger charge is 2.16. The van der Waals surface area contributed by atoms with Gasteiger partial charge in [0.15, 0.2) is 11.6 Å². The molecule has 0 aliphatic rings. The second-order valence-corrected chi connectivity index (χ2v) is 4.26. The molecule has 0 fully saturated rings. The van der Waals surface area contributed by atoms with Crippen LogP contribution in [0.2, 0.25) is 0 Å². The van der Waals surface area contributed by atoms with Crippen LogP contribution in [-0.2, 0) is 0 Å². The first kappa shape index (κ1) is 13.2. The van der Waals surface area contributed by atoms with Crippen molar-refractivity contribution in [2.75, 3.05) is 0 Å². The van der Waals surface area contributed by atoms with E-state index in [1.165, 1.54) is 19.1 Å². The van der Waals surface area contributed by atoms with Gasteiger partial charge in [0, 0.05) is 0 Å². The molecule has 2 rings (SSSR count). The third kappa shape index (κ3) is 2.78. The van der Waals surface area contributed by atoms with Gasteiger partial charge in [0.2, 0.25) is 5.82 Å².